The van der Waals surface area contributed by atoms with Gasteiger partial charge < -0.3 is 10.5 Å². The quantitative estimate of drug-likeness (QED) is 0.878. The van der Waals surface area contributed by atoms with Crippen molar-refractivity contribution in [3.05, 3.63) is 36.5 Å². The van der Waals surface area contributed by atoms with Crippen LogP contribution in [0.2, 0.25) is 0 Å². The highest BCUT2D eigenvalue weighted by atomic mass is 16.5. The highest BCUT2D eigenvalue weighted by molar-refractivity contribution is 5.60. The van der Waals surface area contributed by atoms with Gasteiger partial charge in [-0.1, -0.05) is 0 Å². The van der Waals surface area contributed by atoms with Crippen LogP contribution in [-0.4, -0.2) is 16.1 Å². The summed E-state index contributed by atoms with van der Waals surface area (Å²) in [6.45, 7) is 4.00. The second-order valence-corrected chi connectivity index (χ2v) is 3.99. The van der Waals surface area contributed by atoms with E-state index in [0.29, 0.717) is 0 Å². The van der Waals surface area contributed by atoms with E-state index >= 15 is 0 Å². The van der Waals surface area contributed by atoms with Crippen LogP contribution in [0, 0.1) is 0 Å². The van der Waals surface area contributed by atoms with E-state index in [1.807, 2.05) is 44.2 Å². The van der Waals surface area contributed by atoms with E-state index in [-0.39, 0.29) is 12.1 Å². The van der Waals surface area contributed by atoms with Crippen molar-refractivity contribution in [1.82, 2.24) is 9.97 Å². The molecule has 2 aromatic rings. The van der Waals surface area contributed by atoms with E-state index in [9.17, 15) is 0 Å². The van der Waals surface area contributed by atoms with Gasteiger partial charge in [0.25, 0.3) is 0 Å². The predicted octanol–water partition coefficient (Wildman–Crippen LogP) is 2.51. The Balaban J connectivity index is 2.23. The van der Waals surface area contributed by atoms with Crippen LogP contribution in [0.5, 0.6) is 5.75 Å². The summed E-state index contributed by atoms with van der Waals surface area (Å²) < 4.78 is 5.57. The molecular weight excluding hydrogens is 214 g/mol. The Hall–Kier alpha value is -2.10. The average molecular weight is 229 g/mol. The van der Waals surface area contributed by atoms with E-state index in [4.69, 9.17) is 10.5 Å². The summed E-state index contributed by atoms with van der Waals surface area (Å²) in [6.07, 6.45) is 1.83. The van der Waals surface area contributed by atoms with Crippen molar-refractivity contribution in [3.8, 4) is 17.0 Å². The highest BCUT2D eigenvalue weighted by Gasteiger charge is 2.02. The van der Waals surface area contributed by atoms with Gasteiger partial charge in [0.15, 0.2) is 0 Å². The summed E-state index contributed by atoms with van der Waals surface area (Å²) in [4.78, 5) is 8.02. The fraction of sp³-hybridized carbons (Fsp3) is 0.231. The molecule has 0 spiro atoms. The fourth-order valence-corrected chi connectivity index (χ4v) is 1.51. The molecule has 0 aliphatic rings. The lowest BCUT2D eigenvalue weighted by molar-refractivity contribution is 0.242. The molecule has 1 heterocycles. The van der Waals surface area contributed by atoms with E-state index < -0.39 is 0 Å². The number of nitrogens with zero attached hydrogens (tertiary/aromatic N) is 2. The number of ether oxygens (including phenoxy) is 1. The molecule has 0 atom stereocenters. The normalized spacial score (nSPS) is 10.5. The molecule has 0 fully saturated rings. The van der Waals surface area contributed by atoms with Gasteiger partial charge in [-0.25, -0.2) is 9.97 Å². The first kappa shape index (κ1) is 11.4. The van der Waals surface area contributed by atoms with Crippen LogP contribution in [0.1, 0.15) is 13.8 Å². The minimum absolute atomic E-state index is 0.176. The van der Waals surface area contributed by atoms with Crippen molar-refractivity contribution in [2.45, 2.75) is 20.0 Å². The second-order valence-electron chi connectivity index (χ2n) is 3.99. The van der Waals surface area contributed by atoms with Crippen molar-refractivity contribution in [2.75, 3.05) is 5.73 Å². The third-order valence-corrected chi connectivity index (χ3v) is 2.20. The van der Waals surface area contributed by atoms with Gasteiger partial charge in [-0.3, -0.25) is 0 Å². The third-order valence-electron chi connectivity index (χ3n) is 2.20. The maximum atomic E-state index is 5.57. The summed E-state index contributed by atoms with van der Waals surface area (Å²) >= 11 is 0. The van der Waals surface area contributed by atoms with Gasteiger partial charge in [0.1, 0.15) is 5.75 Å². The van der Waals surface area contributed by atoms with Crippen molar-refractivity contribution < 1.29 is 4.74 Å². The Morgan fingerprint density at radius 1 is 1.12 bits per heavy atom. The molecular formula is C13H15N3O. The molecule has 1 aromatic carbocycles. The zero-order chi connectivity index (χ0) is 12.3. The summed E-state index contributed by atoms with van der Waals surface area (Å²) in [5.74, 6) is 1.13. The van der Waals surface area contributed by atoms with Crippen LogP contribution in [-0.2, 0) is 0 Å². The molecule has 0 aliphatic carbocycles. The molecule has 4 nitrogen and oxygen atoms in total. The van der Waals surface area contributed by atoms with Crippen molar-refractivity contribution in [2.24, 2.45) is 0 Å². The van der Waals surface area contributed by atoms with Crippen LogP contribution in [0.4, 0.5) is 5.95 Å². The number of nitrogens with two attached hydrogens (primary N) is 1. The molecule has 0 aliphatic heterocycles. The molecule has 2 rings (SSSR count). The first-order chi connectivity index (χ1) is 8.15. The molecule has 0 bridgehead atoms. The zero-order valence-electron chi connectivity index (χ0n) is 9.92. The number of hydrogen-bond acceptors (Lipinski definition) is 4. The van der Waals surface area contributed by atoms with Crippen LogP contribution >= 0.6 is 0 Å². The standard InChI is InChI=1S/C13H15N3O/c1-9(2)17-11-5-3-10(4-6-11)12-7-8-15-13(14)16-12/h3-9H,1-2H3,(H2,14,15,16). The fourth-order valence-electron chi connectivity index (χ4n) is 1.51. The lowest BCUT2D eigenvalue weighted by Gasteiger charge is -2.09. The molecule has 0 amide bonds. The summed E-state index contributed by atoms with van der Waals surface area (Å²) in [5, 5.41) is 0. The summed E-state index contributed by atoms with van der Waals surface area (Å²) in [5.41, 5.74) is 7.35. The Morgan fingerprint density at radius 3 is 2.41 bits per heavy atom. The first-order valence-electron chi connectivity index (χ1n) is 5.51. The van der Waals surface area contributed by atoms with Gasteiger partial charge in [0.2, 0.25) is 5.95 Å². The largest absolute Gasteiger partial charge is 0.491 e. The molecule has 1 aromatic heterocycles. The van der Waals surface area contributed by atoms with E-state index in [0.717, 1.165) is 17.0 Å². The topological polar surface area (TPSA) is 61.0 Å². The number of anilines is 1. The maximum Gasteiger partial charge on any atom is 0.220 e. The van der Waals surface area contributed by atoms with E-state index in [2.05, 4.69) is 9.97 Å². The SMILES string of the molecule is CC(C)Oc1ccc(-c2ccnc(N)n2)cc1. The monoisotopic (exact) mass is 229 g/mol. The van der Waals surface area contributed by atoms with Crippen LogP contribution in [0.25, 0.3) is 11.3 Å². The van der Waals surface area contributed by atoms with Gasteiger partial charge in [-0.15, -0.1) is 0 Å². The number of hydrogen-bond donors (Lipinski definition) is 1. The molecule has 17 heavy (non-hydrogen) atoms. The van der Waals surface area contributed by atoms with Gasteiger partial charge >= 0.3 is 0 Å². The smallest absolute Gasteiger partial charge is 0.220 e. The Bertz CT molecular complexity index is 494. The first-order valence-corrected chi connectivity index (χ1v) is 5.51. The molecule has 0 radical (unpaired) electrons. The van der Waals surface area contributed by atoms with Crippen molar-refractivity contribution >= 4 is 5.95 Å². The predicted molar refractivity (Wildman–Crippen MR) is 67.6 cm³/mol. The Morgan fingerprint density at radius 2 is 1.82 bits per heavy atom. The number of rotatable bonds is 3. The molecule has 0 saturated heterocycles. The van der Waals surface area contributed by atoms with Crippen molar-refractivity contribution in [1.29, 1.82) is 0 Å². The third kappa shape index (κ3) is 2.93. The lowest BCUT2D eigenvalue weighted by atomic mass is 10.1. The number of benzene rings is 1. The number of nitrogen functional groups attached to an aromatic ring is 1. The lowest BCUT2D eigenvalue weighted by Crippen LogP contribution is -2.05. The minimum Gasteiger partial charge on any atom is -0.491 e. The van der Waals surface area contributed by atoms with Crippen molar-refractivity contribution in [3.63, 3.8) is 0 Å². The summed E-state index contributed by atoms with van der Waals surface area (Å²) in [6, 6.07) is 9.59. The van der Waals surface area contributed by atoms with Gasteiger partial charge in [-0.2, -0.15) is 0 Å². The minimum atomic E-state index is 0.176. The molecule has 4 heteroatoms. The van der Waals surface area contributed by atoms with Gasteiger partial charge in [0.05, 0.1) is 11.8 Å². The van der Waals surface area contributed by atoms with Gasteiger partial charge in [0, 0.05) is 11.8 Å². The average Bonchev–Trinajstić information content (AvgIpc) is 2.29. The van der Waals surface area contributed by atoms with Crippen LogP contribution in [0.3, 0.4) is 0 Å². The van der Waals surface area contributed by atoms with E-state index in [1.54, 1.807) is 6.20 Å². The molecule has 88 valence electrons. The maximum absolute atomic E-state index is 5.57. The number of aromatic nitrogens is 2. The molecule has 0 saturated carbocycles. The second kappa shape index (κ2) is 4.82. The Labute approximate surface area is 100 Å². The molecule has 2 N–H and O–H groups in total. The van der Waals surface area contributed by atoms with Crippen LogP contribution < -0.4 is 10.5 Å². The molecule has 0 unspecified atom stereocenters. The van der Waals surface area contributed by atoms with E-state index in [1.165, 1.54) is 0 Å². The Kier molecular flexibility index (Phi) is 3.23. The summed E-state index contributed by atoms with van der Waals surface area (Å²) in [7, 11) is 0. The highest BCUT2D eigenvalue weighted by Crippen LogP contribution is 2.21. The zero-order valence-corrected chi connectivity index (χ0v) is 9.92. The van der Waals surface area contributed by atoms with Gasteiger partial charge in [-0.05, 0) is 44.2 Å². The van der Waals surface area contributed by atoms with Crippen LogP contribution in [0.15, 0.2) is 36.5 Å².